The van der Waals surface area contributed by atoms with Crippen molar-refractivity contribution in [2.75, 3.05) is 0 Å². The molecule has 0 aliphatic rings. The van der Waals surface area contributed by atoms with Gasteiger partial charge in [-0.25, -0.2) is 0 Å². The molecule has 0 radical (unpaired) electrons. The van der Waals surface area contributed by atoms with Crippen molar-refractivity contribution in [3.63, 3.8) is 0 Å². The molecule has 3 N–H and O–H groups in total. The smallest absolute Gasteiger partial charge is 0.402 e. The molecule has 20 heavy (non-hydrogen) atoms. The minimum atomic E-state index is -5.86. The second kappa shape index (κ2) is 6.07. The van der Waals surface area contributed by atoms with Gasteiger partial charge in [-0.15, -0.1) is 0 Å². The molecule has 0 rings (SSSR count). The van der Waals surface area contributed by atoms with E-state index in [4.69, 9.17) is 10.8 Å². The molecule has 2 nitrogen and oxygen atoms in total. The number of hydrogen-bond donors (Lipinski definition) is 2. The summed E-state index contributed by atoms with van der Waals surface area (Å²) in [5.41, 5.74) is 0.923. The van der Waals surface area contributed by atoms with Crippen LogP contribution >= 0.6 is 0 Å². The van der Waals surface area contributed by atoms with Crippen LogP contribution in [0.3, 0.4) is 0 Å². The highest BCUT2D eigenvalue weighted by Crippen LogP contribution is 2.46. The van der Waals surface area contributed by atoms with E-state index in [1.807, 2.05) is 0 Å². The number of alkyl halides is 6. The molecular weight excluding hydrogens is 288 g/mol. The minimum Gasteiger partial charge on any atom is -0.402 e. The average molecular weight is 305 g/mol. The van der Waals surface area contributed by atoms with Crippen molar-refractivity contribution < 1.29 is 31.4 Å². The van der Waals surface area contributed by atoms with Gasteiger partial charge in [0.15, 0.2) is 0 Å². The molecule has 0 heterocycles. The third-order valence-electron chi connectivity index (χ3n) is 3.00. The third kappa shape index (κ3) is 4.16. The highest BCUT2D eigenvalue weighted by Gasteiger charge is 2.70. The van der Waals surface area contributed by atoms with Gasteiger partial charge in [0.2, 0.25) is 0 Å². The Labute approximate surface area is 113 Å². The monoisotopic (exact) mass is 305 g/mol. The quantitative estimate of drug-likeness (QED) is 0.612. The number of aliphatic hydroxyl groups is 1. The van der Waals surface area contributed by atoms with Crippen LogP contribution in [-0.4, -0.2) is 23.1 Å². The molecule has 0 spiro atoms. The molecule has 8 heteroatoms. The molecule has 0 aliphatic heterocycles. The van der Waals surface area contributed by atoms with E-state index >= 15 is 0 Å². The lowest BCUT2D eigenvalue weighted by Gasteiger charge is -2.32. The largest absolute Gasteiger partial charge is 0.426 e. The Morgan fingerprint density at radius 3 is 1.75 bits per heavy atom. The lowest BCUT2D eigenvalue weighted by atomic mass is 9.95. The van der Waals surface area contributed by atoms with Crippen LogP contribution in [0.1, 0.15) is 33.6 Å². The van der Waals surface area contributed by atoms with E-state index in [1.54, 1.807) is 13.8 Å². The van der Waals surface area contributed by atoms with E-state index in [0.29, 0.717) is 12.0 Å². The summed E-state index contributed by atoms with van der Waals surface area (Å²) in [7, 11) is 0. The fraction of sp³-hybridized carbons (Fsp3) is 0.667. The molecule has 0 unspecified atom stereocenters. The van der Waals surface area contributed by atoms with Gasteiger partial charge in [0.05, 0.1) is 0 Å². The Bertz CT molecular complexity index is 391. The molecule has 0 amide bonds. The molecule has 0 bridgehead atoms. The Kier molecular flexibility index (Phi) is 5.71. The molecule has 0 saturated heterocycles. The van der Waals surface area contributed by atoms with Gasteiger partial charge >= 0.3 is 12.4 Å². The molecule has 0 atom stereocenters. The molecule has 0 aliphatic carbocycles. The van der Waals surface area contributed by atoms with Gasteiger partial charge in [-0.1, -0.05) is 18.1 Å². The first-order chi connectivity index (χ1) is 8.76. The Morgan fingerprint density at radius 1 is 1.05 bits per heavy atom. The van der Waals surface area contributed by atoms with Crippen LogP contribution in [0.4, 0.5) is 26.3 Å². The van der Waals surface area contributed by atoms with Gasteiger partial charge in [-0.3, -0.25) is 0 Å². The van der Waals surface area contributed by atoms with Gasteiger partial charge in [0.25, 0.3) is 5.60 Å². The maximum atomic E-state index is 12.5. The van der Waals surface area contributed by atoms with Crippen LogP contribution < -0.4 is 5.73 Å². The van der Waals surface area contributed by atoms with Crippen molar-refractivity contribution in [3.8, 4) is 0 Å². The minimum absolute atomic E-state index is 0.469. The summed E-state index contributed by atoms with van der Waals surface area (Å²) in [6, 6.07) is 0. The lowest BCUT2D eigenvalue weighted by molar-refractivity contribution is -0.367. The molecule has 0 fully saturated rings. The fourth-order valence-electron chi connectivity index (χ4n) is 1.39. The number of rotatable bonds is 4. The molecule has 0 aromatic carbocycles. The predicted molar refractivity (Wildman–Crippen MR) is 62.6 cm³/mol. The Balaban J connectivity index is 5.49. The van der Waals surface area contributed by atoms with Gasteiger partial charge < -0.3 is 10.8 Å². The zero-order chi connectivity index (χ0) is 16.4. The van der Waals surface area contributed by atoms with E-state index in [1.165, 1.54) is 6.92 Å². The van der Waals surface area contributed by atoms with Crippen molar-refractivity contribution in [2.24, 2.45) is 5.73 Å². The fourth-order valence-corrected chi connectivity index (χ4v) is 1.39. The zero-order valence-corrected chi connectivity index (χ0v) is 11.3. The van der Waals surface area contributed by atoms with Gasteiger partial charge in [0, 0.05) is 12.1 Å². The molecular formula is C12H17F6NO. The van der Waals surface area contributed by atoms with E-state index in [2.05, 4.69) is 0 Å². The molecule has 0 aromatic rings. The Hall–Kier alpha value is -1.18. The third-order valence-corrected chi connectivity index (χ3v) is 3.00. The number of allylic oxidation sites excluding steroid dienone is 3. The van der Waals surface area contributed by atoms with Crippen LogP contribution in [0.2, 0.25) is 0 Å². The summed E-state index contributed by atoms with van der Waals surface area (Å²) in [4.78, 5) is 0. The topological polar surface area (TPSA) is 46.2 Å². The summed E-state index contributed by atoms with van der Waals surface area (Å²) in [5, 5.41) is 8.98. The van der Waals surface area contributed by atoms with Crippen molar-refractivity contribution >= 4 is 0 Å². The molecule has 0 saturated carbocycles. The maximum Gasteiger partial charge on any atom is 0.426 e. The summed E-state index contributed by atoms with van der Waals surface area (Å²) in [6.45, 7) is 4.98. The van der Waals surface area contributed by atoms with Gasteiger partial charge in [-0.05, 0) is 26.3 Å². The van der Waals surface area contributed by atoms with Gasteiger partial charge in [-0.2, -0.15) is 26.3 Å². The van der Waals surface area contributed by atoms with E-state index < -0.39 is 30.1 Å². The van der Waals surface area contributed by atoms with Crippen molar-refractivity contribution in [1.82, 2.24) is 0 Å². The van der Waals surface area contributed by atoms with E-state index in [0.717, 1.165) is 11.6 Å². The van der Waals surface area contributed by atoms with Crippen molar-refractivity contribution in [3.05, 3.63) is 22.9 Å². The van der Waals surface area contributed by atoms with E-state index in [-0.39, 0.29) is 0 Å². The van der Waals surface area contributed by atoms with Crippen molar-refractivity contribution in [2.45, 2.75) is 51.6 Å². The Morgan fingerprint density at radius 2 is 1.45 bits per heavy atom. The first-order valence-corrected chi connectivity index (χ1v) is 5.74. The average Bonchev–Trinajstić information content (AvgIpc) is 2.24. The van der Waals surface area contributed by atoms with E-state index in [9.17, 15) is 26.3 Å². The van der Waals surface area contributed by atoms with Gasteiger partial charge in [0.1, 0.15) is 0 Å². The summed E-state index contributed by atoms with van der Waals surface area (Å²) >= 11 is 0. The molecule has 0 aromatic heterocycles. The molecule has 118 valence electrons. The maximum absolute atomic E-state index is 12.5. The highest BCUT2D eigenvalue weighted by molar-refractivity contribution is 5.26. The van der Waals surface area contributed by atoms with Crippen molar-refractivity contribution in [1.29, 1.82) is 0 Å². The first kappa shape index (κ1) is 18.8. The lowest BCUT2D eigenvalue weighted by Crippen LogP contribution is -2.57. The predicted octanol–water partition coefficient (Wildman–Crippen LogP) is 3.82. The first-order valence-electron chi connectivity index (χ1n) is 5.74. The van der Waals surface area contributed by atoms with Crippen LogP contribution in [-0.2, 0) is 0 Å². The van der Waals surface area contributed by atoms with Crippen LogP contribution in [0, 0.1) is 0 Å². The number of nitrogens with two attached hydrogens (primary N) is 1. The zero-order valence-electron chi connectivity index (χ0n) is 11.3. The number of hydrogen-bond acceptors (Lipinski definition) is 2. The summed E-state index contributed by atoms with van der Waals surface area (Å²) < 4.78 is 74.7. The van der Waals surface area contributed by atoms with Crippen LogP contribution in [0.25, 0.3) is 0 Å². The highest BCUT2D eigenvalue weighted by atomic mass is 19.4. The summed E-state index contributed by atoms with van der Waals surface area (Å²) in [5.74, 6) is 0. The second-order valence-corrected chi connectivity index (χ2v) is 4.57. The van der Waals surface area contributed by atoms with Crippen LogP contribution in [0.5, 0.6) is 0 Å². The second-order valence-electron chi connectivity index (χ2n) is 4.57. The SMILES string of the molecule is CC/C(C)=C(C)\C=C(\N)CC(O)(C(F)(F)F)C(F)(F)F. The standard InChI is InChI=1S/C12H17F6NO/c1-4-7(2)8(3)5-9(19)6-10(20,11(13,14)15)12(16,17)18/h5,20H,4,6,19H2,1-3H3/b8-7-,9-5+. The normalized spacial score (nSPS) is 16.2. The summed E-state index contributed by atoms with van der Waals surface area (Å²) in [6.07, 6.45) is -11.9. The number of halogens is 6. The van der Waals surface area contributed by atoms with Crippen LogP contribution in [0.15, 0.2) is 22.9 Å².